The number of nitrogens with one attached hydrogen (secondary N) is 1. The van der Waals surface area contributed by atoms with Crippen molar-refractivity contribution < 1.29 is 26.7 Å². The van der Waals surface area contributed by atoms with Crippen LogP contribution in [0.5, 0.6) is 5.75 Å². The number of hydrogen-bond acceptors (Lipinski definition) is 4. The van der Waals surface area contributed by atoms with Crippen molar-refractivity contribution in [2.24, 2.45) is 5.92 Å². The third-order valence-corrected chi connectivity index (χ3v) is 6.47. The first-order valence-electron chi connectivity index (χ1n) is 8.77. The van der Waals surface area contributed by atoms with Gasteiger partial charge in [-0.2, -0.15) is 13.1 Å². The molecule has 2 aromatic carbocycles. The summed E-state index contributed by atoms with van der Waals surface area (Å²) in [6, 6.07) is 13.8. The fraction of sp³-hybridized carbons (Fsp3) is 0.316. The zero-order chi connectivity index (χ0) is 20.1. The van der Waals surface area contributed by atoms with Crippen LogP contribution in [0.4, 0.5) is 14.5 Å². The van der Waals surface area contributed by atoms with E-state index in [1.54, 1.807) is 30.3 Å². The molecule has 0 radical (unpaired) electrons. The fourth-order valence-corrected chi connectivity index (χ4v) is 4.55. The Kier molecular flexibility index (Phi) is 6.25. The van der Waals surface area contributed by atoms with Crippen LogP contribution in [0.2, 0.25) is 0 Å². The van der Waals surface area contributed by atoms with Gasteiger partial charge in [-0.15, -0.1) is 0 Å². The lowest BCUT2D eigenvalue weighted by molar-refractivity contribution is -0.120. The van der Waals surface area contributed by atoms with Crippen LogP contribution in [0.3, 0.4) is 0 Å². The average molecular weight is 410 g/mol. The number of piperidine rings is 1. The average Bonchev–Trinajstić information content (AvgIpc) is 2.70. The van der Waals surface area contributed by atoms with E-state index in [4.69, 9.17) is 0 Å². The number of amides is 1. The zero-order valence-corrected chi connectivity index (χ0v) is 15.7. The van der Waals surface area contributed by atoms with E-state index in [0.717, 1.165) is 0 Å². The monoisotopic (exact) mass is 410 g/mol. The van der Waals surface area contributed by atoms with E-state index in [1.807, 2.05) is 0 Å². The molecule has 0 spiro atoms. The van der Waals surface area contributed by atoms with Gasteiger partial charge in [0.05, 0.1) is 4.90 Å². The SMILES string of the molecule is O=C(Nc1ccc(OC(F)F)cc1)C1CCN(S(=O)(=O)c2ccccc2)CC1. The van der Waals surface area contributed by atoms with E-state index >= 15 is 0 Å². The van der Waals surface area contributed by atoms with E-state index in [1.165, 1.54) is 28.6 Å². The number of benzene rings is 2. The lowest BCUT2D eigenvalue weighted by atomic mass is 9.97. The molecule has 0 unspecified atom stereocenters. The number of rotatable bonds is 6. The quantitative estimate of drug-likeness (QED) is 0.793. The maximum absolute atomic E-state index is 12.6. The lowest BCUT2D eigenvalue weighted by Gasteiger charge is -2.30. The number of carbonyl (C=O) groups is 1. The molecule has 1 aliphatic heterocycles. The number of anilines is 1. The summed E-state index contributed by atoms with van der Waals surface area (Å²) < 4.78 is 55.2. The van der Waals surface area contributed by atoms with Gasteiger partial charge in [-0.3, -0.25) is 4.79 Å². The highest BCUT2D eigenvalue weighted by Crippen LogP contribution is 2.25. The van der Waals surface area contributed by atoms with Gasteiger partial charge in [0.25, 0.3) is 0 Å². The second-order valence-corrected chi connectivity index (χ2v) is 8.32. The van der Waals surface area contributed by atoms with Crippen LogP contribution >= 0.6 is 0 Å². The van der Waals surface area contributed by atoms with E-state index in [-0.39, 0.29) is 35.6 Å². The van der Waals surface area contributed by atoms with Crippen LogP contribution in [-0.2, 0) is 14.8 Å². The zero-order valence-electron chi connectivity index (χ0n) is 14.9. The van der Waals surface area contributed by atoms with E-state index in [9.17, 15) is 22.0 Å². The molecular weight excluding hydrogens is 390 g/mol. The highest BCUT2D eigenvalue weighted by molar-refractivity contribution is 7.89. The van der Waals surface area contributed by atoms with E-state index in [2.05, 4.69) is 10.1 Å². The molecule has 1 N–H and O–H groups in total. The predicted octanol–water partition coefficient (Wildman–Crippen LogP) is 3.33. The van der Waals surface area contributed by atoms with Gasteiger partial charge < -0.3 is 10.1 Å². The molecule has 28 heavy (non-hydrogen) atoms. The Morgan fingerprint density at radius 1 is 1.04 bits per heavy atom. The minimum absolute atomic E-state index is 0.00688. The molecule has 2 aromatic rings. The third kappa shape index (κ3) is 4.85. The highest BCUT2D eigenvalue weighted by Gasteiger charge is 2.32. The second-order valence-electron chi connectivity index (χ2n) is 6.38. The van der Waals surface area contributed by atoms with Gasteiger partial charge in [-0.1, -0.05) is 18.2 Å². The second kappa shape index (κ2) is 8.66. The normalized spacial score (nSPS) is 16.1. The summed E-state index contributed by atoms with van der Waals surface area (Å²) in [5.74, 6) is -0.536. The molecule has 0 aromatic heterocycles. The van der Waals surface area contributed by atoms with Crippen LogP contribution < -0.4 is 10.1 Å². The molecule has 0 aliphatic carbocycles. The number of alkyl halides is 2. The molecule has 1 saturated heterocycles. The van der Waals surface area contributed by atoms with Gasteiger partial charge in [0.15, 0.2) is 0 Å². The molecule has 0 saturated carbocycles. The Labute approximate surface area is 162 Å². The van der Waals surface area contributed by atoms with Crippen molar-refractivity contribution in [1.82, 2.24) is 4.31 Å². The summed E-state index contributed by atoms with van der Waals surface area (Å²) >= 11 is 0. The van der Waals surface area contributed by atoms with E-state index < -0.39 is 16.6 Å². The van der Waals surface area contributed by atoms with Crippen LogP contribution in [0.25, 0.3) is 0 Å². The largest absolute Gasteiger partial charge is 0.435 e. The first-order valence-corrected chi connectivity index (χ1v) is 10.2. The van der Waals surface area contributed by atoms with Gasteiger partial charge >= 0.3 is 6.61 Å². The molecule has 150 valence electrons. The van der Waals surface area contributed by atoms with Crippen molar-refractivity contribution in [3.8, 4) is 5.75 Å². The van der Waals surface area contributed by atoms with Crippen molar-refractivity contribution in [3.05, 3.63) is 54.6 Å². The van der Waals surface area contributed by atoms with Gasteiger partial charge in [-0.25, -0.2) is 8.42 Å². The summed E-state index contributed by atoms with van der Waals surface area (Å²) in [5, 5.41) is 2.73. The number of nitrogens with zero attached hydrogens (tertiary/aromatic N) is 1. The molecule has 3 rings (SSSR count). The van der Waals surface area contributed by atoms with Crippen molar-refractivity contribution >= 4 is 21.6 Å². The molecule has 0 bridgehead atoms. The maximum Gasteiger partial charge on any atom is 0.387 e. The number of sulfonamides is 1. The van der Waals surface area contributed by atoms with Crippen LogP contribution in [-0.4, -0.2) is 38.3 Å². The smallest absolute Gasteiger partial charge is 0.387 e. The molecule has 1 heterocycles. The number of ether oxygens (including phenoxy) is 1. The standard InChI is InChI=1S/C19H20F2N2O4S/c20-19(21)27-16-8-6-15(7-9-16)22-18(24)14-10-12-23(13-11-14)28(25,26)17-4-2-1-3-5-17/h1-9,14,19H,10-13H2,(H,22,24). The number of halogens is 2. The summed E-state index contributed by atoms with van der Waals surface area (Å²) in [6.45, 7) is -2.38. The minimum Gasteiger partial charge on any atom is -0.435 e. The topological polar surface area (TPSA) is 75.7 Å². The lowest BCUT2D eigenvalue weighted by Crippen LogP contribution is -2.41. The molecule has 1 fully saturated rings. The van der Waals surface area contributed by atoms with E-state index in [0.29, 0.717) is 18.5 Å². The molecule has 1 aliphatic rings. The van der Waals surface area contributed by atoms with Crippen LogP contribution in [0.15, 0.2) is 59.5 Å². The van der Waals surface area contributed by atoms with Gasteiger partial charge in [0, 0.05) is 24.7 Å². The molecule has 0 atom stereocenters. The summed E-state index contributed by atoms with van der Waals surface area (Å²) in [5.41, 5.74) is 0.464. The Balaban J connectivity index is 1.55. The van der Waals surface area contributed by atoms with Gasteiger partial charge in [0.2, 0.25) is 15.9 Å². The molecule has 1 amide bonds. The Morgan fingerprint density at radius 3 is 2.21 bits per heavy atom. The van der Waals surface area contributed by atoms with Gasteiger partial charge in [-0.05, 0) is 49.2 Å². The Bertz CT molecular complexity index is 897. The summed E-state index contributed by atoms with van der Waals surface area (Å²) in [4.78, 5) is 12.7. The summed E-state index contributed by atoms with van der Waals surface area (Å²) in [6.07, 6.45) is 0.814. The summed E-state index contributed by atoms with van der Waals surface area (Å²) in [7, 11) is -3.56. The number of hydrogen-bond donors (Lipinski definition) is 1. The third-order valence-electron chi connectivity index (χ3n) is 4.55. The highest BCUT2D eigenvalue weighted by atomic mass is 32.2. The van der Waals surface area contributed by atoms with Crippen molar-refractivity contribution in [1.29, 1.82) is 0 Å². The van der Waals surface area contributed by atoms with Crippen molar-refractivity contribution in [2.75, 3.05) is 18.4 Å². The minimum atomic E-state index is -3.56. The molecule has 9 heteroatoms. The number of carbonyl (C=O) groups excluding carboxylic acids is 1. The van der Waals surface area contributed by atoms with Gasteiger partial charge in [0.1, 0.15) is 5.75 Å². The molecule has 6 nitrogen and oxygen atoms in total. The predicted molar refractivity (Wildman–Crippen MR) is 99.6 cm³/mol. The van der Waals surface area contributed by atoms with Crippen molar-refractivity contribution in [2.45, 2.75) is 24.3 Å². The first-order chi connectivity index (χ1) is 13.4. The maximum atomic E-state index is 12.6. The first kappa shape index (κ1) is 20.2. The Hall–Kier alpha value is -2.52. The van der Waals surface area contributed by atoms with Crippen LogP contribution in [0.1, 0.15) is 12.8 Å². The Morgan fingerprint density at radius 2 is 1.64 bits per heavy atom. The fourth-order valence-electron chi connectivity index (χ4n) is 3.06. The molecular formula is C19H20F2N2O4S. The van der Waals surface area contributed by atoms with Crippen LogP contribution in [0, 0.1) is 5.92 Å². The van der Waals surface area contributed by atoms with Crippen molar-refractivity contribution in [3.63, 3.8) is 0 Å².